The lowest BCUT2D eigenvalue weighted by molar-refractivity contribution is -0.908. The summed E-state index contributed by atoms with van der Waals surface area (Å²) >= 11 is 5.41. The van der Waals surface area contributed by atoms with Crippen LogP contribution in [0, 0.1) is 0 Å². The molecule has 0 bridgehead atoms. The molecule has 5 nitrogen and oxygen atoms in total. The fourth-order valence-corrected chi connectivity index (χ4v) is 3.69. The second-order valence-electron chi connectivity index (χ2n) is 7.07. The summed E-state index contributed by atoms with van der Waals surface area (Å²) in [7, 11) is 0. The first kappa shape index (κ1) is 18.9. The molecular formula is C22H26N3O2S+. The van der Waals surface area contributed by atoms with Crippen molar-refractivity contribution in [3.05, 3.63) is 54.6 Å². The van der Waals surface area contributed by atoms with Gasteiger partial charge in [-0.2, -0.15) is 0 Å². The normalized spacial score (nSPS) is 14.9. The molecule has 146 valence electrons. The van der Waals surface area contributed by atoms with Crippen LogP contribution in [0.15, 0.2) is 59.0 Å². The Morgan fingerprint density at radius 1 is 1.04 bits per heavy atom. The number of para-hydroxylation sites is 1. The van der Waals surface area contributed by atoms with Gasteiger partial charge in [-0.3, -0.25) is 0 Å². The van der Waals surface area contributed by atoms with Crippen molar-refractivity contribution in [2.24, 2.45) is 0 Å². The number of nitrogens with one attached hydrogen (secondary N) is 3. The molecule has 3 N–H and O–H groups in total. The van der Waals surface area contributed by atoms with E-state index < -0.39 is 0 Å². The van der Waals surface area contributed by atoms with E-state index in [1.807, 2.05) is 42.5 Å². The Hall–Kier alpha value is -2.41. The molecule has 28 heavy (non-hydrogen) atoms. The molecule has 2 aromatic carbocycles. The van der Waals surface area contributed by atoms with Crippen LogP contribution in [-0.4, -0.2) is 44.5 Å². The zero-order valence-corrected chi connectivity index (χ0v) is 16.7. The van der Waals surface area contributed by atoms with Crippen LogP contribution >= 0.6 is 12.2 Å². The number of anilines is 1. The van der Waals surface area contributed by atoms with Gasteiger partial charge >= 0.3 is 0 Å². The largest absolute Gasteiger partial charge is 0.456 e. The van der Waals surface area contributed by atoms with E-state index in [0.717, 1.165) is 73.8 Å². The van der Waals surface area contributed by atoms with Crippen LogP contribution in [0.5, 0.6) is 0 Å². The number of quaternary nitrogens is 1. The number of benzene rings is 2. The number of thiocarbonyl (C=S) groups is 1. The summed E-state index contributed by atoms with van der Waals surface area (Å²) in [5.74, 6) is 0.874. The van der Waals surface area contributed by atoms with E-state index in [9.17, 15) is 0 Å². The third-order valence-corrected chi connectivity index (χ3v) is 5.29. The minimum atomic E-state index is 0.661. The smallest absolute Gasteiger partial charge is 0.170 e. The van der Waals surface area contributed by atoms with Crippen molar-refractivity contribution in [1.82, 2.24) is 5.32 Å². The van der Waals surface area contributed by atoms with Gasteiger partial charge in [-0.25, -0.2) is 0 Å². The Bertz CT molecular complexity index is 884. The van der Waals surface area contributed by atoms with E-state index in [1.54, 1.807) is 4.90 Å². The lowest BCUT2D eigenvalue weighted by Gasteiger charge is -2.23. The van der Waals surface area contributed by atoms with Crippen molar-refractivity contribution in [3.8, 4) is 11.3 Å². The summed E-state index contributed by atoms with van der Waals surface area (Å²) in [6, 6.07) is 18.3. The summed E-state index contributed by atoms with van der Waals surface area (Å²) in [5, 5.41) is 8.32. The van der Waals surface area contributed by atoms with E-state index in [0.29, 0.717) is 5.11 Å². The number of rotatable bonds is 6. The van der Waals surface area contributed by atoms with Gasteiger partial charge in [-0.1, -0.05) is 18.2 Å². The second kappa shape index (κ2) is 9.19. The SMILES string of the molecule is S=C(NCCC[NH+]1CCOCC1)Nc1ccc(-c2cc3ccccc3o2)cc1. The van der Waals surface area contributed by atoms with Gasteiger partial charge in [-0.15, -0.1) is 0 Å². The van der Waals surface area contributed by atoms with Crippen LogP contribution in [-0.2, 0) is 4.74 Å². The number of morpholine rings is 1. The highest BCUT2D eigenvalue weighted by molar-refractivity contribution is 7.80. The molecule has 0 unspecified atom stereocenters. The Balaban J connectivity index is 1.25. The third kappa shape index (κ3) is 4.90. The predicted molar refractivity (Wildman–Crippen MR) is 117 cm³/mol. The Labute approximate surface area is 170 Å². The number of hydrogen-bond donors (Lipinski definition) is 3. The lowest BCUT2D eigenvalue weighted by Crippen LogP contribution is -3.14. The van der Waals surface area contributed by atoms with Gasteiger partial charge in [-0.05, 0) is 48.6 Å². The third-order valence-electron chi connectivity index (χ3n) is 5.05. The lowest BCUT2D eigenvalue weighted by atomic mass is 10.1. The fraction of sp³-hybridized carbons (Fsp3) is 0.318. The molecule has 6 heteroatoms. The van der Waals surface area contributed by atoms with E-state index >= 15 is 0 Å². The number of fused-ring (bicyclic) bond motifs is 1. The summed E-state index contributed by atoms with van der Waals surface area (Å²) in [5.41, 5.74) is 2.93. The maximum Gasteiger partial charge on any atom is 0.170 e. The molecule has 0 spiro atoms. The van der Waals surface area contributed by atoms with Crippen LogP contribution in [0.1, 0.15) is 6.42 Å². The molecule has 0 saturated carbocycles. The molecule has 0 atom stereocenters. The van der Waals surface area contributed by atoms with E-state index in [1.165, 1.54) is 0 Å². The first-order chi connectivity index (χ1) is 13.8. The molecule has 4 rings (SSSR count). The molecule has 0 amide bonds. The maximum absolute atomic E-state index is 5.92. The topological polar surface area (TPSA) is 50.9 Å². The molecule has 1 fully saturated rings. The van der Waals surface area contributed by atoms with Crippen LogP contribution in [0.25, 0.3) is 22.3 Å². The average Bonchev–Trinajstić information content (AvgIpc) is 3.17. The zero-order valence-electron chi connectivity index (χ0n) is 15.9. The van der Waals surface area contributed by atoms with Gasteiger partial charge in [0.2, 0.25) is 0 Å². The Kier molecular flexibility index (Phi) is 6.21. The van der Waals surface area contributed by atoms with Gasteiger partial charge in [0.25, 0.3) is 0 Å². The molecule has 3 aromatic rings. The summed E-state index contributed by atoms with van der Waals surface area (Å²) in [6.45, 7) is 6.03. The zero-order chi connectivity index (χ0) is 19.2. The highest BCUT2D eigenvalue weighted by Crippen LogP contribution is 2.28. The average molecular weight is 397 g/mol. The summed E-state index contributed by atoms with van der Waals surface area (Å²) in [6.07, 6.45) is 1.10. The molecule has 1 saturated heterocycles. The number of hydrogen-bond acceptors (Lipinski definition) is 3. The highest BCUT2D eigenvalue weighted by Gasteiger charge is 2.12. The minimum Gasteiger partial charge on any atom is -0.456 e. The van der Waals surface area contributed by atoms with Crippen molar-refractivity contribution < 1.29 is 14.1 Å². The molecule has 1 aromatic heterocycles. The number of ether oxygens (including phenoxy) is 1. The van der Waals surface area contributed by atoms with Crippen LogP contribution in [0.4, 0.5) is 5.69 Å². The van der Waals surface area contributed by atoms with Crippen molar-refractivity contribution in [1.29, 1.82) is 0 Å². The van der Waals surface area contributed by atoms with Crippen LogP contribution in [0.3, 0.4) is 0 Å². The molecular weight excluding hydrogens is 370 g/mol. The van der Waals surface area contributed by atoms with Crippen LogP contribution in [0.2, 0.25) is 0 Å². The molecule has 0 radical (unpaired) electrons. The van der Waals surface area contributed by atoms with Crippen molar-refractivity contribution in [3.63, 3.8) is 0 Å². The first-order valence-electron chi connectivity index (χ1n) is 9.83. The highest BCUT2D eigenvalue weighted by atomic mass is 32.1. The van der Waals surface area contributed by atoms with Gasteiger partial charge in [0.15, 0.2) is 5.11 Å². The maximum atomic E-state index is 5.92. The van der Waals surface area contributed by atoms with Crippen molar-refractivity contribution >= 4 is 34.0 Å². The molecule has 0 aliphatic carbocycles. The number of furan rings is 1. The van der Waals surface area contributed by atoms with Crippen molar-refractivity contribution in [2.75, 3.05) is 44.7 Å². The first-order valence-corrected chi connectivity index (χ1v) is 10.2. The van der Waals surface area contributed by atoms with E-state index in [2.05, 4.69) is 22.8 Å². The van der Waals surface area contributed by atoms with Crippen molar-refractivity contribution in [2.45, 2.75) is 6.42 Å². The van der Waals surface area contributed by atoms with Crippen LogP contribution < -0.4 is 15.5 Å². The summed E-state index contributed by atoms with van der Waals surface area (Å²) < 4.78 is 11.3. The van der Waals surface area contributed by atoms with Gasteiger partial charge in [0, 0.05) is 29.6 Å². The summed E-state index contributed by atoms with van der Waals surface area (Å²) in [4.78, 5) is 1.62. The Morgan fingerprint density at radius 3 is 2.61 bits per heavy atom. The van der Waals surface area contributed by atoms with Gasteiger partial charge in [0.05, 0.1) is 19.8 Å². The second-order valence-corrected chi connectivity index (χ2v) is 7.48. The molecule has 2 heterocycles. The molecule has 1 aliphatic rings. The Morgan fingerprint density at radius 2 is 1.82 bits per heavy atom. The van der Waals surface area contributed by atoms with E-state index in [-0.39, 0.29) is 0 Å². The fourth-order valence-electron chi connectivity index (χ4n) is 3.47. The standard InChI is InChI=1S/C22H25N3O2S/c28-22(23-10-3-11-25-12-14-26-15-13-25)24-19-8-6-17(7-9-19)21-16-18-4-1-2-5-20(18)27-21/h1-2,4-9,16H,3,10-15H2,(H2,23,24,28)/p+1. The van der Waals surface area contributed by atoms with Gasteiger partial charge < -0.3 is 24.7 Å². The predicted octanol–water partition coefficient (Wildman–Crippen LogP) is 2.69. The van der Waals surface area contributed by atoms with E-state index in [4.69, 9.17) is 21.4 Å². The minimum absolute atomic E-state index is 0.661. The quantitative estimate of drug-likeness (QED) is 0.442. The van der Waals surface area contributed by atoms with Gasteiger partial charge in [0.1, 0.15) is 24.4 Å². The monoisotopic (exact) mass is 396 g/mol. The molecule has 1 aliphatic heterocycles.